The van der Waals surface area contributed by atoms with Crippen LogP contribution in [0, 0.1) is 6.92 Å². The molecular weight excluding hydrogens is 378 g/mol. The number of carbonyl (C=O) groups excluding carboxylic acids is 1. The summed E-state index contributed by atoms with van der Waals surface area (Å²) in [6, 6.07) is 22.4. The Balaban J connectivity index is 1.41. The summed E-state index contributed by atoms with van der Waals surface area (Å²) in [6.45, 7) is 1.76. The number of hydrogen-bond acceptors (Lipinski definition) is 5. The number of imidazole rings is 1. The molecule has 1 amide bonds. The molecule has 0 unspecified atom stereocenters. The number of anilines is 1. The first kappa shape index (κ1) is 17.8. The van der Waals surface area contributed by atoms with Crippen molar-refractivity contribution < 1.29 is 9.32 Å². The zero-order valence-corrected chi connectivity index (χ0v) is 16.1. The van der Waals surface area contributed by atoms with Crippen LogP contribution >= 0.6 is 0 Å². The monoisotopic (exact) mass is 395 g/mol. The number of hydrogen-bond donors (Lipinski definition) is 2. The summed E-state index contributed by atoms with van der Waals surface area (Å²) in [5.74, 6) is 1.48. The zero-order chi connectivity index (χ0) is 20.5. The fourth-order valence-electron chi connectivity index (χ4n) is 3.25. The molecule has 0 saturated carbocycles. The number of amides is 1. The van der Waals surface area contributed by atoms with E-state index in [0.717, 1.165) is 22.2 Å². The highest BCUT2D eigenvalue weighted by Crippen LogP contribution is 2.28. The number of nitrogens with one attached hydrogen (secondary N) is 2. The number of aryl methyl sites for hydroxylation is 1. The summed E-state index contributed by atoms with van der Waals surface area (Å²) in [5.41, 5.74) is 4.60. The van der Waals surface area contributed by atoms with Gasteiger partial charge in [0.25, 0.3) is 11.8 Å². The van der Waals surface area contributed by atoms with Gasteiger partial charge >= 0.3 is 0 Å². The molecule has 5 rings (SSSR count). The number of H-pyrrole nitrogens is 1. The van der Waals surface area contributed by atoms with Crippen LogP contribution in [0.1, 0.15) is 16.2 Å². The van der Waals surface area contributed by atoms with Gasteiger partial charge in [0.05, 0.1) is 16.7 Å². The van der Waals surface area contributed by atoms with Crippen LogP contribution in [0.5, 0.6) is 0 Å². The molecule has 2 aromatic heterocycles. The highest BCUT2D eigenvalue weighted by Gasteiger charge is 2.14. The number of aromatic nitrogens is 4. The predicted molar refractivity (Wildman–Crippen MR) is 114 cm³/mol. The van der Waals surface area contributed by atoms with E-state index in [9.17, 15) is 4.79 Å². The van der Waals surface area contributed by atoms with Crippen LogP contribution in [0.4, 0.5) is 5.69 Å². The molecule has 0 saturated heterocycles. The van der Waals surface area contributed by atoms with Crippen LogP contribution in [0.15, 0.2) is 77.3 Å². The molecule has 0 bridgehead atoms. The highest BCUT2D eigenvalue weighted by molar-refractivity contribution is 6.06. The molecule has 0 fully saturated rings. The zero-order valence-electron chi connectivity index (χ0n) is 16.1. The van der Waals surface area contributed by atoms with Crippen molar-refractivity contribution in [1.29, 1.82) is 0 Å². The second-order valence-corrected chi connectivity index (χ2v) is 6.83. The van der Waals surface area contributed by atoms with E-state index in [1.807, 2.05) is 48.5 Å². The van der Waals surface area contributed by atoms with Crippen molar-refractivity contribution in [3.63, 3.8) is 0 Å². The summed E-state index contributed by atoms with van der Waals surface area (Å²) in [6.07, 6.45) is 0. The molecule has 7 heteroatoms. The van der Waals surface area contributed by atoms with E-state index in [1.54, 1.807) is 31.2 Å². The standard InChI is InChI=1S/C23H17N5O2/c1-14-24-23(30-28-14)16-12-10-15(11-13-16)22(29)27-18-7-3-2-6-17(18)21-25-19-8-4-5-9-20(19)26-21/h2-13H,1H3,(H,25,26)(H,27,29). The van der Waals surface area contributed by atoms with E-state index >= 15 is 0 Å². The van der Waals surface area contributed by atoms with Gasteiger partial charge in [0.1, 0.15) is 5.82 Å². The van der Waals surface area contributed by atoms with Gasteiger partial charge in [-0.3, -0.25) is 4.79 Å². The fraction of sp³-hybridized carbons (Fsp3) is 0.0435. The Kier molecular flexibility index (Phi) is 4.33. The lowest BCUT2D eigenvalue weighted by molar-refractivity contribution is 0.102. The van der Waals surface area contributed by atoms with E-state index in [2.05, 4.69) is 25.4 Å². The maximum Gasteiger partial charge on any atom is 0.257 e. The van der Waals surface area contributed by atoms with Crippen molar-refractivity contribution in [3.8, 4) is 22.8 Å². The quantitative estimate of drug-likeness (QED) is 0.454. The number of para-hydroxylation sites is 3. The molecule has 0 aliphatic carbocycles. The maximum absolute atomic E-state index is 12.8. The van der Waals surface area contributed by atoms with Crippen molar-refractivity contribution >= 4 is 22.6 Å². The molecule has 5 aromatic rings. The second kappa shape index (κ2) is 7.29. The van der Waals surface area contributed by atoms with E-state index in [0.29, 0.717) is 28.8 Å². The van der Waals surface area contributed by atoms with Gasteiger partial charge in [-0.25, -0.2) is 4.98 Å². The first-order chi connectivity index (χ1) is 14.7. The predicted octanol–water partition coefficient (Wildman–Crippen LogP) is 4.84. The van der Waals surface area contributed by atoms with Gasteiger partial charge in [0, 0.05) is 16.7 Å². The molecule has 0 radical (unpaired) electrons. The third kappa shape index (κ3) is 3.33. The third-order valence-corrected chi connectivity index (χ3v) is 4.74. The number of rotatable bonds is 4. The van der Waals surface area contributed by atoms with Gasteiger partial charge in [-0.1, -0.05) is 29.4 Å². The molecule has 0 atom stereocenters. The van der Waals surface area contributed by atoms with Crippen molar-refractivity contribution in [2.24, 2.45) is 0 Å². The molecule has 0 aliphatic rings. The Morgan fingerprint density at radius 1 is 0.933 bits per heavy atom. The van der Waals surface area contributed by atoms with Gasteiger partial charge in [0.2, 0.25) is 0 Å². The third-order valence-electron chi connectivity index (χ3n) is 4.74. The SMILES string of the molecule is Cc1noc(-c2ccc(C(=O)Nc3ccccc3-c3nc4ccccc4[nH]3)cc2)n1. The van der Waals surface area contributed by atoms with Gasteiger partial charge in [0.15, 0.2) is 5.82 Å². The van der Waals surface area contributed by atoms with E-state index in [1.165, 1.54) is 0 Å². The normalized spacial score (nSPS) is 11.0. The topological polar surface area (TPSA) is 96.7 Å². The van der Waals surface area contributed by atoms with Crippen LogP contribution in [0.3, 0.4) is 0 Å². The lowest BCUT2D eigenvalue weighted by Crippen LogP contribution is -2.12. The molecule has 3 aromatic carbocycles. The van der Waals surface area contributed by atoms with Crippen LogP contribution in [-0.4, -0.2) is 26.0 Å². The first-order valence-corrected chi connectivity index (χ1v) is 9.43. The largest absolute Gasteiger partial charge is 0.338 e. The Bertz CT molecular complexity index is 1320. The van der Waals surface area contributed by atoms with Crippen LogP contribution in [0.2, 0.25) is 0 Å². The van der Waals surface area contributed by atoms with Gasteiger partial charge in [-0.2, -0.15) is 4.98 Å². The number of nitrogens with zero attached hydrogens (tertiary/aromatic N) is 3. The number of carbonyl (C=O) groups is 1. The van der Waals surface area contributed by atoms with Crippen molar-refractivity contribution in [2.75, 3.05) is 5.32 Å². The summed E-state index contributed by atoms with van der Waals surface area (Å²) >= 11 is 0. The molecule has 0 aliphatic heterocycles. The molecule has 0 spiro atoms. The average molecular weight is 395 g/mol. The Morgan fingerprint density at radius 2 is 1.70 bits per heavy atom. The van der Waals surface area contributed by atoms with Gasteiger partial charge in [-0.15, -0.1) is 0 Å². The van der Waals surface area contributed by atoms with Crippen LogP contribution < -0.4 is 5.32 Å². The lowest BCUT2D eigenvalue weighted by atomic mass is 10.1. The average Bonchev–Trinajstić information content (AvgIpc) is 3.40. The lowest BCUT2D eigenvalue weighted by Gasteiger charge is -2.09. The second-order valence-electron chi connectivity index (χ2n) is 6.83. The van der Waals surface area contributed by atoms with Crippen LogP contribution in [-0.2, 0) is 0 Å². The van der Waals surface area contributed by atoms with Crippen molar-refractivity contribution in [2.45, 2.75) is 6.92 Å². The summed E-state index contributed by atoms with van der Waals surface area (Å²) in [5, 5.41) is 6.77. The minimum absolute atomic E-state index is 0.216. The summed E-state index contributed by atoms with van der Waals surface area (Å²) in [7, 11) is 0. The Morgan fingerprint density at radius 3 is 2.47 bits per heavy atom. The highest BCUT2D eigenvalue weighted by atomic mass is 16.5. The number of benzene rings is 3. The van der Waals surface area contributed by atoms with Crippen LogP contribution in [0.25, 0.3) is 33.9 Å². The van der Waals surface area contributed by atoms with E-state index < -0.39 is 0 Å². The van der Waals surface area contributed by atoms with E-state index in [4.69, 9.17) is 4.52 Å². The molecule has 7 nitrogen and oxygen atoms in total. The maximum atomic E-state index is 12.8. The number of fused-ring (bicyclic) bond motifs is 1. The summed E-state index contributed by atoms with van der Waals surface area (Å²) in [4.78, 5) is 25.0. The van der Waals surface area contributed by atoms with E-state index in [-0.39, 0.29) is 5.91 Å². The van der Waals surface area contributed by atoms with Gasteiger partial charge < -0.3 is 14.8 Å². The Labute approximate surface area is 171 Å². The minimum atomic E-state index is -0.216. The van der Waals surface area contributed by atoms with Crippen molar-refractivity contribution in [1.82, 2.24) is 20.1 Å². The van der Waals surface area contributed by atoms with Crippen molar-refractivity contribution in [3.05, 3.63) is 84.2 Å². The smallest absolute Gasteiger partial charge is 0.257 e. The fourth-order valence-corrected chi connectivity index (χ4v) is 3.25. The molecular formula is C23H17N5O2. The Hall–Kier alpha value is -4.26. The number of aromatic amines is 1. The molecule has 146 valence electrons. The first-order valence-electron chi connectivity index (χ1n) is 9.43. The van der Waals surface area contributed by atoms with Gasteiger partial charge in [-0.05, 0) is 55.5 Å². The molecule has 30 heavy (non-hydrogen) atoms. The minimum Gasteiger partial charge on any atom is -0.338 e. The molecule has 2 heterocycles. The molecule has 2 N–H and O–H groups in total. The summed E-state index contributed by atoms with van der Waals surface area (Å²) < 4.78 is 5.16.